The molecular formula is C20H26N4O3. The highest BCUT2D eigenvalue weighted by molar-refractivity contribution is 6.08. The number of aromatic hydroxyl groups is 1. The zero-order valence-electron chi connectivity index (χ0n) is 15.8. The van der Waals surface area contributed by atoms with Crippen LogP contribution in [0.5, 0.6) is 5.75 Å². The van der Waals surface area contributed by atoms with Crippen molar-refractivity contribution in [1.29, 1.82) is 0 Å². The molecule has 2 aromatic rings. The first kappa shape index (κ1) is 19.1. The van der Waals surface area contributed by atoms with Gasteiger partial charge < -0.3 is 15.3 Å². The lowest BCUT2D eigenvalue weighted by Gasteiger charge is -2.34. The molecule has 1 saturated heterocycles. The third kappa shape index (κ3) is 4.36. The van der Waals surface area contributed by atoms with Crippen LogP contribution in [0.2, 0.25) is 0 Å². The maximum absolute atomic E-state index is 13.0. The van der Waals surface area contributed by atoms with Crippen molar-refractivity contribution in [1.82, 2.24) is 20.1 Å². The molecular weight excluding hydrogens is 344 g/mol. The first-order valence-electron chi connectivity index (χ1n) is 9.37. The van der Waals surface area contributed by atoms with Gasteiger partial charge in [-0.05, 0) is 19.4 Å². The molecule has 2 amide bonds. The van der Waals surface area contributed by atoms with Gasteiger partial charge in [0, 0.05) is 37.6 Å². The van der Waals surface area contributed by atoms with Gasteiger partial charge in [0.25, 0.3) is 5.91 Å². The Morgan fingerprint density at radius 1 is 1.22 bits per heavy atom. The molecule has 0 saturated carbocycles. The van der Waals surface area contributed by atoms with Gasteiger partial charge in [-0.15, -0.1) is 0 Å². The summed E-state index contributed by atoms with van der Waals surface area (Å²) in [5.74, 6) is -0.286. The molecule has 1 unspecified atom stereocenters. The van der Waals surface area contributed by atoms with E-state index in [2.05, 4.69) is 10.3 Å². The van der Waals surface area contributed by atoms with E-state index in [9.17, 15) is 14.7 Å². The van der Waals surface area contributed by atoms with Gasteiger partial charge in [-0.2, -0.15) is 0 Å². The van der Waals surface area contributed by atoms with Crippen molar-refractivity contribution in [2.24, 2.45) is 0 Å². The van der Waals surface area contributed by atoms with Crippen LogP contribution in [0.15, 0.2) is 30.5 Å². The number of benzene rings is 1. The average Bonchev–Trinajstić information content (AvgIpc) is 2.67. The minimum atomic E-state index is -0.199. The molecule has 1 aliphatic heterocycles. The number of aromatic nitrogens is 1. The number of nitrogens with zero attached hydrogens (tertiary/aromatic N) is 3. The van der Waals surface area contributed by atoms with Crippen molar-refractivity contribution < 1.29 is 14.7 Å². The Kier molecular flexibility index (Phi) is 5.91. The van der Waals surface area contributed by atoms with Crippen LogP contribution < -0.4 is 5.32 Å². The Bertz CT molecular complexity index is 831. The zero-order chi connectivity index (χ0) is 19.4. The molecule has 3 rings (SSSR count). The summed E-state index contributed by atoms with van der Waals surface area (Å²) in [5, 5.41) is 13.8. The normalized spacial score (nSPS) is 16.3. The lowest BCUT2D eigenvalue weighted by atomic mass is 10.1. The summed E-state index contributed by atoms with van der Waals surface area (Å²) in [4.78, 5) is 33.0. The molecule has 144 valence electrons. The van der Waals surface area contributed by atoms with E-state index in [1.54, 1.807) is 11.0 Å². The van der Waals surface area contributed by atoms with Gasteiger partial charge >= 0.3 is 0 Å². The number of amides is 2. The molecule has 2 heterocycles. The second-order valence-corrected chi connectivity index (χ2v) is 6.98. The Labute approximate surface area is 159 Å². The molecule has 0 radical (unpaired) electrons. The monoisotopic (exact) mass is 370 g/mol. The van der Waals surface area contributed by atoms with E-state index in [4.69, 9.17) is 0 Å². The summed E-state index contributed by atoms with van der Waals surface area (Å²) in [6.07, 6.45) is 2.22. The fourth-order valence-electron chi connectivity index (χ4n) is 3.25. The predicted molar refractivity (Wildman–Crippen MR) is 104 cm³/mol. The number of nitrogens with one attached hydrogen (secondary N) is 1. The van der Waals surface area contributed by atoms with Crippen molar-refractivity contribution in [3.63, 3.8) is 0 Å². The highest BCUT2D eigenvalue weighted by Crippen LogP contribution is 2.26. The number of hydrogen-bond donors (Lipinski definition) is 2. The van der Waals surface area contributed by atoms with E-state index in [1.807, 2.05) is 36.9 Å². The molecule has 1 aromatic heterocycles. The van der Waals surface area contributed by atoms with Crippen molar-refractivity contribution in [2.45, 2.75) is 26.3 Å². The number of pyridine rings is 1. The van der Waals surface area contributed by atoms with E-state index in [1.165, 1.54) is 6.20 Å². The lowest BCUT2D eigenvalue weighted by Crippen LogP contribution is -2.51. The number of para-hydroxylation sites is 1. The molecule has 2 N–H and O–H groups in total. The van der Waals surface area contributed by atoms with E-state index in [0.717, 1.165) is 6.42 Å². The summed E-state index contributed by atoms with van der Waals surface area (Å²) in [6, 6.07) is 7.46. The van der Waals surface area contributed by atoms with Crippen LogP contribution in [-0.4, -0.2) is 70.5 Å². The van der Waals surface area contributed by atoms with Gasteiger partial charge in [-0.3, -0.25) is 19.5 Å². The maximum atomic E-state index is 13.0. The summed E-state index contributed by atoms with van der Waals surface area (Å²) in [5.41, 5.74) is 0.975. The summed E-state index contributed by atoms with van der Waals surface area (Å²) in [7, 11) is 0. The minimum absolute atomic E-state index is 0.0156. The Hall–Kier alpha value is -2.67. The van der Waals surface area contributed by atoms with Gasteiger partial charge in [0.05, 0.1) is 23.8 Å². The molecule has 1 aliphatic rings. The highest BCUT2D eigenvalue weighted by Gasteiger charge is 2.26. The third-order valence-electron chi connectivity index (χ3n) is 5.02. The maximum Gasteiger partial charge on any atom is 0.258 e. The standard InChI is InChI=1S/C20H26N4O3/c1-3-14(2)22-18(26)13-23-8-10-24(11-9-23)20(27)19-15-6-4-5-7-16(15)21-12-17(19)25/h4-7,12,14,25H,3,8-11,13H2,1-2H3,(H,22,26). The lowest BCUT2D eigenvalue weighted by molar-refractivity contribution is -0.123. The number of fused-ring (bicyclic) bond motifs is 1. The van der Waals surface area contributed by atoms with Gasteiger partial charge in [-0.1, -0.05) is 25.1 Å². The van der Waals surface area contributed by atoms with Gasteiger partial charge in [0.2, 0.25) is 5.91 Å². The topological polar surface area (TPSA) is 85.8 Å². The predicted octanol–water partition coefficient (Wildman–Crippen LogP) is 1.61. The number of carbonyl (C=O) groups is 2. The number of piperazine rings is 1. The van der Waals surface area contributed by atoms with E-state index >= 15 is 0 Å². The van der Waals surface area contributed by atoms with Crippen molar-refractivity contribution in [3.8, 4) is 5.75 Å². The van der Waals surface area contributed by atoms with Crippen LogP contribution >= 0.6 is 0 Å². The molecule has 1 fully saturated rings. The van der Waals surface area contributed by atoms with Crippen LogP contribution in [0, 0.1) is 0 Å². The molecule has 7 nitrogen and oxygen atoms in total. The summed E-state index contributed by atoms with van der Waals surface area (Å²) in [6.45, 7) is 6.66. The molecule has 0 bridgehead atoms. The largest absolute Gasteiger partial charge is 0.505 e. The average molecular weight is 370 g/mol. The van der Waals surface area contributed by atoms with E-state index in [-0.39, 0.29) is 23.6 Å². The minimum Gasteiger partial charge on any atom is -0.505 e. The zero-order valence-corrected chi connectivity index (χ0v) is 15.8. The Balaban J connectivity index is 1.64. The van der Waals surface area contributed by atoms with Gasteiger partial charge in [0.1, 0.15) is 5.75 Å². The first-order valence-corrected chi connectivity index (χ1v) is 9.37. The third-order valence-corrected chi connectivity index (χ3v) is 5.02. The van der Waals surface area contributed by atoms with Crippen LogP contribution in [0.25, 0.3) is 10.9 Å². The number of carbonyl (C=O) groups excluding carboxylic acids is 2. The smallest absolute Gasteiger partial charge is 0.258 e. The van der Waals surface area contributed by atoms with Crippen molar-refractivity contribution in [3.05, 3.63) is 36.0 Å². The molecule has 7 heteroatoms. The molecule has 0 spiro atoms. The van der Waals surface area contributed by atoms with Crippen molar-refractivity contribution >= 4 is 22.7 Å². The second-order valence-electron chi connectivity index (χ2n) is 6.98. The van der Waals surface area contributed by atoms with Crippen molar-refractivity contribution in [2.75, 3.05) is 32.7 Å². The number of hydrogen-bond acceptors (Lipinski definition) is 5. The molecule has 1 aromatic carbocycles. The van der Waals surface area contributed by atoms with Crippen LogP contribution in [-0.2, 0) is 4.79 Å². The fourth-order valence-corrected chi connectivity index (χ4v) is 3.25. The Morgan fingerprint density at radius 2 is 1.93 bits per heavy atom. The van der Waals surface area contributed by atoms with E-state index in [0.29, 0.717) is 49.2 Å². The first-order chi connectivity index (χ1) is 13.0. The van der Waals surface area contributed by atoms with Crippen LogP contribution in [0.4, 0.5) is 0 Å². The molecule has 1 atom stereocenters. The Morgan fingerprint density at radius 3 is 2.63 bits per heavy atom. The highest BCUT2D eigenvalue weighted by atomic mass is 16.3. The van der Waals surface area contributed by atoms with Gasteiger partial charge in [0.15, 0.2) is 0 Å². The van der Waals surface area contributed by atoms with Crippen LogP contribution in [0.1, 0.15) is 30.6 Å². The molecule has 27 heavy (non-hydrogen) atoms. The summed E-state index contributed by atoms with van der Waals surface area (Å²) < 4.78 is 0. The van der Waals surface area contributed by atoms with Crippen LogP contribution in [0.3, 0.4) is 0 Å². The number of rotatable bonds is 5. The SMILES string of the molecule is CCC(C)NC(=O)CN1CCN(C(=O)c2c(O)cnc3ccccc23)CC1. The van der Waals surface area contributed by atoms with E-state index < -0.39 is 0 Å². The quantitative estimate of drug-likeness (QED) is 0.835. The molecule has 0 aliphatic carbocycles. The second kappa shape index (κ2) is 8.35. The fraction of sp³-hybridized carbons (Fsp3) is 0.450. The van der Waals surface area contributed by atoms with Gasteiger partial charge in [-0.25, -0.2) is 0 Å². The summed E-state index contributed by atoms with van der Waals surface area (Å²) >= 11 is 0.